The Kier molecular flexibility index (Phi) is 12.3. The number of carboxylic acid groups (broad SMARTS) is 2. The van der Waals surface area contributed by atoms with Gasteiger partial charge in [0, 0.05) is 12.8 Å². The Labute approximate surface area is 217 Å². The second-order valence-corrected chi connectivity index (χ2v) is 8.65. The van der Waals surface area contributed by atoms with E-state index in [1.807, 2.05) is 24.3 Å². The molecule has 2 amide bonds. The van der Waals surface area contributed by atoms with Crippen LogP contribution in [0.25, 0.3) is 5.69 Å². The van der Waals surface area contributed by atoms with Gasteiger partial charge in [0.25, 0.3) is 0 Å². The predicted octanol–water partition coefficient (Wildman–Crippen LogP) is 0.112. The second kappa shape index (κ2) is 15.4. The number of nitrogens with one attached hydrogen (secondary N) is 2. The van der Waals surface area contributed by atoms with Gasteiger partial charge in [0.1, 0.15) is 12.1 Å². The molecule has 38 heavy (non-hydrogen) atoms. The lowest BCUT2D eigenvalue weighted by atomic mass is 10.1. The predicted molar refractivity (Wildman–Crippen MR) is 130 cm³/mol. The number of carboxylic acids is 2. The number of amides is 2. The molecule has 0 aliphatic rings. The normalized spacial score (nSPS) is 12.6. The summed E-state index contributed by atoms with van der Waals surface area (Å²) >= 11 is 0. The molecule has 0 radical (unpaired) electrons. The zero-order valence-corrected chi connectivity index (χ0v) is 20.6. The van der Waals surface area contributed by atoms with Gasteiger partial charge < -0.3 is 31.1 Å². The molecule has 2 unspecified atom stereocenters. The van der Waals surface area contributed by atoms with Crippen molar-refractivity contribution in [2.24, 2.45) is 0 Å². The van der Waals surface area contributed by atoms with Crippen molar-refractivity contribution in [3.8, 4) is 5.69 Å². The Bertz CT molecular complexity index is 1080. The summed E-state index contributed by atoms with van der Waals surface area (Å²) in [5.41, 5.74) is 2.39. The third-order valence-electron chi connectivity index (χ3n) is 5.55. The monoisotopic (exact) mass is 537 g/mol. The number of carbonyl (C=O) groups excluding carboxylic acids is 2. The molecule has 0 fully saturated rings. The summed E-state index contributed by atoms with van der Waals surface area (Å²) in [6, 6.07) is 4.37. The molecule has 0 saturated carbocycles. The molecule has 0 aliphatic heterocycles. The van der Waals surface area contributed by atoms with Crippen LogP contribution in [0.2, 0.25) is 0 Å². The number of benzene rings is 1. The zero-order chi connectivity index (χ0) is 28.1. The van der Waals surface area contributed by atoms with Crippen LogP contribution >= 0.6 is 0 Å². The minimum absolute atomic E-state index is 0.000295. The van der Waals surface area contributed by atoms with Crippen LogP contribution in [0.4, 0.5) is 4.39 Å². The van der Waals surface area contributed by atoms with Crippen molar-refractivity contribution in [1.29, 1.82) is 0 Å². The molecule has 0 bridgehead atoms. The lowest BCUT2D eigenvalue weighted by molar-refractivity contribution is -0.145. The van der Waals surface area contributed by atoms with Crippen LogP contribution in [-0.2, 0) is 32.0 Å². The second-order valence-electron chi connectivity index (χ2n) is 8.65. The highest BCUT2D eigenvalue weighted by Crippen LogP contribution is 2.12. The SMILES string of the molecule is O=C(CC(NC(=O)CCCc1ccc(-n2cc(CCCF)nn2)cc1)C(=O)O)NC(CCC(O)O)C(=O)O. The fourth-order valence-corrected chi connectivity index (χ4v) is 3.53. The van der Waals surface area contributed by atoms with E-state index in [2.05, 4.69) is 20.9 Å². The van der Waals surface area contributed by atoms with Crippen molar-refractivity contribution in [2.45, 2.75) is 69.7 Å². The zero-order valence-electron chi connectivity index (χ0n) is 20.6. The Morgan fingerprint density at radius 3 is 2.16 bits per heavy atom. The number of hydrogen-bond donors (Lipinski definition) is 6. The lowest BCUT2D eigenvalue weighted by Crippen LogP contribution is -2.47. The third kappa shape index (κ3) is 10.6. The first-order valence-corrected chi connectivity index (χ1v) is 12.1. The number of aliphatic hydroxyl groups is 2. The Hall–Kier alpha value is -3.91. The van der Waals surface area contributed by atoms with E-state index in [1.165, 1.54) is 0 Å². The molecule has 1 heterocycles. The molecule has 1 aromatic heterocycles. The van der Waals surface area contributed by atoms with Gasteiger partial charge in [-0.2, -0.15) is 0 Å². The number of rotatable bonds is 17. The number of halogens is 1. The van der Waals surface area contributed by atoms with E-state index in [9.17, 15) is 28.7 Å². The summed E-state index contributed by atoms with van der Waals surface area (Å²) in [6.45, 7) is -0.419. The number of aliphatic hydroxyl groups excluding tert-OH is 1. The fraction of sp³-hybridized carbons (Fsp3) is 0.500. The van der Waals surface area contributed by atoms with E-state index in [-0.39, 0.29) is 19.3 Å². The van der Waals surface area contributed by atoms with Crippen molar-refractivity contribution >= 4 is 23.8 Å². The van der Waals surface area contributed by atoms with Crippen LogP contribution < -0.4 is 10.6 Å². The van der Waals surface area contributed by atoms with E-state index in [0.717, 1.165) is 11.3 Å². The molecular weight excluding hydrogens is 505 g/mol. The van der Waals surface area contributed by atoms with Gasteiger partial charge in [-0.15, -0.1) is 5.10 Å². The molecule has 0 aliphatic carbocycles. The smallest absolute Gasteiger partial charge is 0.326 e. The highest BCUT2D eigenvalue weighted by atomic mass is 19.1. The van der Waals surface area contributed by atoms with Crippen LogP contribution in [0.3, 0.4) is 0 Å². The average molecular weight is 538 g/mol. The number of aromatic nitrogens is 3. The van der Waals surface area contributed by atoms with Crippen LogP contribution in [0.1, 0.15) is 49.8 Å². The average Bonchev–Trinajstić information content (AvgIpc) is 3.34. The molecule has 208 valence electrons. The van der Waals surface area contributed by atoms with Crippen LogP contribution in [-0.4, -0.2) is 84.2 Å². The molecule has 2 rings (SSSR count). The Morgan fingerprint density at radius 1 is 0.895 bits per heavy atom. The summed E-state index contributed by atoms with van der Waals surface area (Å²) in [7, 11) is 0. The number of hydrogen-bond acceptors (Lipinski definition) is 8. The molecule has 0 spiro atoms. The van der Waals surface area contributed by atoms with Crippen LogP contribution in [0.5, 0.6) is 0 Å². The maximum absolute atomic E-state index is 12.3. The highest BCUT2D eigenvalue weighted by molar-refractivity contribution is 5.90. The fourth-order valence-electron chi connectivity index (χ4n) is 3.53. The van der Waals surface area contributed by atoms with Crippen LogP contribution in [0.15, 0.2) is 30.5 Å². The molecule has 14 heteroatoms. The van der Waals surface area contributed by atoms with Gasteiger partial charge in [-0.1, -0.05) is 17.3 Å². The highest BCUT2D eigenvalue weighted by Gasteiger charge is 2.26. The number of aryl methyl sites for hydroxylation is 2. The summed E-state index contributed by atoms with van der Waals surface area (Å²) in [5.74, 6) is -4.37. The minimum Gasteiger partial charge on any atom is -0.480 e. The minimum atomic E-state index is -1.75. The Balaban J connectivity index is 1.80. The van der Waals surface area contributed by atoms with Crippen molar-refractivity contribution in [3.63, 3.8) is 0 Å². The molecule has 13 nitrogen and oxygen atoms in total. The molecule has 6 N–H and O–H groups in total. The maximum atomic E-state index is 12.3. The van der Waals surface area contributed by atoms with Crippen molar-refractivity contribution < 1.29 is 44.0 Å². The van der Waals surface area contributed by atoms with E-state index < -0.39 is 55.2 Å². The number of nitrogens with zero attached hydrogens (tertiary/aromatic N) is 3. The Morgan fingerprint density at radius 2 is 1.55 bits per heavy atom. The van der Waals surface area contributed by atoms with Gasteiger partial charge in [-0.05, 0) is 49.8 Å². The molecule has 0 saturated heterocycles. The summed E-state index contributed by atoms with van der Waals surface area (Å²) in [4.78, 5) is 47.1. The lowest BCUT2D eigenvalue weighted by Gasteiger charge is -2.18. The van der Waals surface area contributed by atoms with Crippen LogP contribution in [0, 0.1) is 0 Å². The van der Waals surface area contributed by atoms with Gasteiger partial charge in [0.05, 0.1) is 30.7 Å². The van der Waals surface area contributed by atoms with Gasteiger partial charge in [-0.3, -0.25) is 14.0 Å². The molecule has 1 aromatic carbocycles. The summed E-state index contributed by atoms with van der Waals surface area (Å²) in [5, 5.41) is 48.6. The van der Waals surface area contributed by atoms with Gasteiger partial charge >= 0.3 is 11.9 Å². The number of alkyl halides is 1. The summed E-state index contributed by atoms with van der Waals surface area (Å²) < 4.78 is 13.9. The quantitative estimate of drug-likeness (QED) is 0.150. The summed E-state index contributed by atoms with van der Waals surface area (Å²) in [6.07, 6.45) is 0.538. The number of aliphatic carboxylic acids is 2. The molecule has 2 atom stereocenters. The first kappa shape index (κ1) is 30.3. The van der Waals surface area contributed by atoms with Crippen molar-refractivity contribution in [3.05, 3.63) is 41.7 Å². The third-order valence-corrected chi connectivity index (χ3v) is 5.55. The van der Waals surface area contributed by atoms with Gasteiger partial charge in [-0.25, -0.2) is 14.3 Å². The first-order chi connectivity index (χ1) is 18.1. The first-order valence-electron chi connectivity index (χ1n) is 12.1. The van der Waals surface area contributed by atoms with E-state index in [1.54, 1.807) is 10.9 Å². The molecular formula is C24H32FN5O8. The maximum Gasteiger partial charge on any atom is 0.326 e. The number of carbonyl (C=O) groups is 4. The largest absolute Gasteiger partial charge is 0.480 e. The van der Waals surface area contributed by atoms with E-state index in [4.69, 9.17) is 15.3 Å². The standard InChI is InChI=1S/C24H32FN5O8/c25-12-2-4-16-14-30(29-28-16)17-8-6-15(7-9-17)3-1-5-20(31)27-19(24(37)38)13-21(32)26-18(23(35)36)10-11-22(33)34/h6-9,14,18-19,22,33-34H,1-5,10-13H2,(H,26,32)(H,27,31)(H,35,36)(H,37,38). The van der Waals surface area contributed by atoms with Gasteiger partial charge in [0.2, 0.25) is 11.8 Å². The topological polar surface area (TPSA) is 204 Å². The van der Waals surface area contributed by atoms with Crippen molar-refractivity contribution in [1.82, 2.24) is 25.6 Å². The van der Waals surface area contributed by atoms with E-state index in [0.29, 0.717) is 31.4 Å². The van der Waals surface area contributed by atoms with E-state index >= 15 is 0 Å². The van der Waals surface area contributed by atoms with Gasteiger partial charge in [0.15, 0.2) is 6.29 Å². The molecule has 2 aromatic rings. The van der Waals surface area contributed by atoms with Crippen molar-refractivity contribution in [2.75, 3.05) is 6.67 Å².